The predicted octanol–water partition coefficient (Wildman–Crippen LogP) is 6.21. The van der Waals surface area contributed by atoms with Gasteiger partial charge in [0, 0.05) is 6.04 Å². The molecule has 2 aromatic rings. The summed E-state index contributed by atoms with van der Waals surface area (Å²) in [7, 11) is 0. The summed E-state index contributed by atoms with van der Waals surface area (Å²) in [4.78, 5) is 26.6. The van der Waals surface area contributed by atoms with Crippen LogP contribution < -0.4 is 10.2 Å². The molecule has 0 spiro atoms. The Morgan fingerprint density at radius 1 is 1.15 bits per heavy atom. The number of rotatable bonds is 5. The van der Waals surface area contributed by atoms with Gasteiger partial charge in [0.05, 0.1) is 23.4 Å². The number of fused-ring (bicyclic) bond motifs is 1. The highest BCUT2D eigenvalue weighted by atomic mass is 19.4. The Morgan fingerprint density at radius 2 is 1.85 bits per heavy atom. The maximum Gasteiger partial charge on any atom is 0.416 e. The minimum Gasteiger partial charge on any atom is -0.446 e. The molecule has 1 N–H and O–H groups in total. The van der Waals surface area contributed by atoms with Gasteiger partial charge < -0.3 is 14.8 Å². The summed E-state index contributed by atoms with van der Waals surface area (Å²) in [5.74, 6) is 0. The van der Waals surface area contributed by atoms with Crippen molar-refractivity contribution in [2.24, 2.45) is 0 Å². The lowest BCUT2D eigenvalue weighted by Crippen LogP contribution is -2.48. The van der Waals surface area contributed by atoms with Gasteiger partial charge in [0.1, 0.15) is 6.61 Å². The van der Waals surface area contributed by atoms with Crippen LogP contribution in [0.4, 0.5) is 28.4 Å². The van der Waals surface area contributed by atoms with Crippen LogP contribution in [0.15, 0.2) is 48.5 Å². The molecule has 2 amide bonds. The topological polar surface area (TPSA) is 67.9 Å². The fourth-order valence-electron chi connectivity index (χ4n) is 3.83. The number of alkyl halides is 3. The highest BCUT2D eigenvalue weighted by molar-refractivity contribution is 5.90. The highest BCUT2D eigenvalue weighted by Gasteiger charge is 2.39. The Kier molecular flexibility index (Phi) is 7.50. The normalized spacial score (nSPS) is 18.0. The van der Waals surface area contributed by atoms with E-state index in [4.69, 9.17) is 9.47 Å². The zero-order valence-corrected chi connectivity index (χ0v) is 18.7. The van der Waals surface area contributed by atoms with Crippen molar-refractivity contribution in [2.75, 3.05) is 4.90 Å². The summed E-state index contributed by atoms with van der Waals surface area (Å²) in [5, 5.41) is 2.68. The Balaban J connectivity index is 1.90. The molecule has 0 aliphatic carbocycles. The highest BCUT2D eigenvalue weighted by Crippen LogP contribution is 2.42. The summed E-state index contributed by atoms with van der Waals surface area (Å²) in [5.41, 5.74) is 0.384. The van der Waals surface area contributed by atoms with Gasteiger partial charge in [0.15, 0.2) is 0 Å². The van der Waals surface area contributed by atoms with E-state index in [-0.39, 0.29) is 30.3 Å². The first kappa shape index (κ1) is 24.4. The number of ether oxygens (including phenoxy) is 2. The first-order valence-electron chi connectivity index (χ1n) is 10.8. The van der Waals surface area contributed by atoms with Gasteiger partial charge in [-0.15, -0.1) is 0 Å². The lowest BCUT2D eigenvalue weighted by molar-refractivity contribution is -0.137. The first-order chi connectivity index (χ1) is 15.6. The summed E-state index contributed by atoms with van der Waals surface area (Å²) >= 11 is 0. The van der Waals surface area contributed by atoms with Crippen LogP contribution in [-0.2, 0) is 22.3 Å². The zero-order valence-electron chi connectivity index (χ0n) is 18.7. The predicted molar refractivity (Wildman–Crippen MR) is 117 cm³/mol. The van der Waals surface area contributed by atoms with Crippen LogP contribution in [0.1, 0.15) is 56.3 Å². The third kappa shape index (κ3) is 5.97. The van der Waals surface area contributed by atoms with Gasteiger partial charge in [-0.05, 0) is 56.0 Å². The van der Waals surface area contributed by atoms with Crippen LogP contribution in [0.2, 0.25) is 0 Å². The number of benzene rings is 2. The van der Waals surface area contributed by atoms with E-state index in [9.17, 15) is 22.8 Å². The van der Waals surface area contributed by atoms with Crippen molar-refractivity contribution < 1.29 is 32.2 Å². The third-order valence-electron chi connectivity index (χ3n) is 5.37. The molecule has 2 unspecified atom stereocenters. The first-order valence-corrected chi connectivity index (χ1v) is 10.8. The molecular weight excluding hydrogens is 437 g/mol. The Labute approximate surface area is 190 Å². The van der Waals surface area contributed by atoms with Gasteiger partial charge in [-0.2, -0.15) is 13.2 Å². The van der Waals surface area contributed by atoms with Crippen LogP contribution >= 0.6 is 0 Å². The lowest BCUT2D eigenvalue weighted by Gasteiger charge is -2.40. The van der Waals surface area contributed by atoms with E-state index in [1.165, 1.54) is 11.0 Å². The molecule has 0 bridgehead atoms. The Morgan fingerprint density at radius 3 is 2.45 bits per heavy atom. The standard InChI is InChI=1S/C24H27F3N2O4/c1-4-18-13-20(28-22(30)32-14-16-8-6-5-7-9-16)19-12-17(24(25,26)27)10-11-21(19)29(18)23(31)33-15(2)3/h5-12,15,18,20H,4,13-14H2,1-3H3,(H,28,30). The van der Waals surface area contributed by atoms with Crippen LogP contribution in [0.25, 0.3) is 0 Å². The molecule has 0 saturated carbocycles. The number of alkyl carbamates (subject to hydrolysis) is 1. The molecular formula is C24H27F3N2O4. The molecule has 2 aromatic carbocycles. The smallest absolute Gasteiger partial charge is 0.416 e. The van der Waals surface area contributed by atoms with Gasteiger partial charge in [0.2, 0.25) is 0 Å². The second-order valence-corrected chi connectivity index (χ2v) is 8.13. The number of nitrogens with one attached hydrogen (secondary N) is 1. The van der Waals surface area contributed by atoms with E-state index < -0.39 is 36.1 Å². The molecule has 6 nitrogen and oxygen atoms in total. The van der Waals surface area contributed by atoms with E-state index in [1.807, 2.05) is 25.1 Å². The number of carbonyl (C=O) groups is 2. The van der Waals surface area contributed by atoms with Crippen molar-refractivity contribution in [3.8, 4) is 0 Å². The molecule has 178 valence electrons. The fourth-order valence-corrected chi connectivity index (χ4v) is 3.83. The molecule has 0 radical (unpaired) electrons. The molecule has 2 atom stereocenters. The lowest BCUT2D eigenvalue weighted by atomic mass is 9.89. The maximum atomic E-state index is 13.4. The molecule has 1 heterocycles. The number of hydrogen-bond acceptors (Lipinski definition) is 4. The minimum absolute atomic E-state index is 0.0267. The average molecular weight is 464 g/mol. The zero-order chi connectivity index (χ0) is 24.2. The van der Waals surface area contributed by atoms with E-state index in [1.54, 1.807) is 26.0 Å². The molecule has 3 rings (SSSR count). The van der Waals surface area contributed by atoms with Gasteiger partial charge in [-0.25, -0.2) is 9.59 Å². The van der Waals surface area contributed by atoms with Crippen molar-refractivity contribution in [1.29, 1.82) is 0 Å². The van der Waals surface area contributed by atoms with Gasteiger partial charge in [0.25, 0.3) is 0 Å². The van der Waals surface area contributed by atoms with Crippen molar-refractivity contribution in [3.63, 3.8) is 0 Å². The third-order valence-corrected chi connectivity index (χ3v) is 5.37. The van der Waals surface area contributed by atoms with Gasteiger partial charge >= 0.3 is 18.4 Å². The van der Waals surface area contributed by atoms with Gasteiger partial charge in [-0.1, -0.05) is 37.3 Å². The van der Waals surface area contributed by atoms with Crippen molar-refractivity contribution >= 4 is 17.9 Å². The largest absolute Gasteiger partial charge is 0.446 e. The van der Waals surface area contributed by atoms with E-state index in [2.05, 4.69) is 5.32 Å². The second kappa shape index (κ2) is 10.1. The van der Waals surface area contributed by atoms with Crippen molar-refractivity contribution in [1.82, 2.24) is 5.32 Å². The molecule has 33 heavy (non-hydrogen) atoms. The number of hydrogen-bond donors (Lipinski definition) is 1. The van der Waals surface area contributed by atoms with Gasteiger partial charge in [-0.3, -0.25) is 4.90 Å². The van der Waals surface area contributed by atoms with E-state index in [0.717, 1.165) is 17.7 Å². The molecule has 1 aliphatic heterocycles. The number of anilines is 1. The molecule has 0 aromatic heterocycles. The van der Waals surface area contributed by atoms with E-state index in [0.29, 0.717) is 6.42 Å². The summed E-state index contributed by atoms with van der Waals surface area (Å²) in [6.45, 7) is 5.28. The SMILES string of the molecule is CCC1CC(NC(=O)OCc2ccccc2)c2cc(C(F)(F)F)ccc2N1C(=O)OC(C)C. The maximum absolute atomic E-state index is 13.4. The number of amides is 2. The summed E-state index contributed by atoms with van der Waals surface area (Å²) < 4.78 is 50.8. The van der Waals surface area contributed by atoms with Crippen LogP contribution in [-0.4, -0.2) is 24.3 Å². The molecule has 9 heteroatoms. The quantitative estimate of drug-likeness (QED) is 0.572. The van der Waals surface area contributed by atoms with Crippen LogP contribution in [0.5, 0.6) is 0 Å². The molecule has 1 aliphatic rings. The van der Waals surface area contributed by atoms with Crippen molar-refractivity contribution in [3.05, 3.63) is 65.2 Å². The Bertz CT molecular complexity index is 979. The van der Waals surface area contributed by atoms with Crippen molar-refractivity contribution in [2.45, 2.75) is 64.6 Å². The summed E-state index contributed by atoms with van der Waals surface area (Å²) in [6.07, 6.45) is -5.61. The Hall–Kier alpha value is -3.23. The number of nitrogens with zero attached hydrogens (tertiary/aromatic N) is 1. The number of halogens is 3. The fraction of sp³-hybridized carbons (Fsp3) is 0.417. The van der Waals surface area contributed by atoms with Crippen LogP contribution in [0, 0.1) is 0 Å². The monoisotopic (exact) mass is 464 g/mol. The number of carbonyl (C=O) groups excluding carboxylic acids is 2. The second-order valence-electron chi connectivity index (χ2n) is 8.13. The average Bonchev–Trinajstić information content (AvgIpc) is 2.76. The van der Waals surface area contributed by atoms with Crippen LogP contribution in [0.3, 0.4) is 0 Å². The summed E-state index contributed by atoms with van der Waals surface area (Å²) in [6, 6.07) is 11.1. The van der Waals surface area contributed by atoms with E-state index >= 15 is 0 Å². The molecule has 0 saturated heterocycles. The molecule has 0 fully saturated rings. The minimum atomic E-state index is -4.57.